The van der Waals surface area contributed by atoms with E-state index in [1.165, 1.54) is 11.0 Å². The number of hydrogen-bond donors (Lipinski definition) is 2. The molecule has 2 amide bonds. The van der Waals surface area contributed by atoms with Gasteiger partial charge in [-0.2, -0.15) is 10.2 Å². The Morgan fingerprint density at radius 3 is 2.60 bits per heavy atom. The van der Waals surface area contributed by atoms with Gasteiger partial charge in [-0.05, 0) is 49.6 Å². The van der Waals surface area contributed by atoms with Crippen molar-refractivity contribution in [3.05, 3.63) is 64.7 Å². The van der Waals surface area contributed by atoms with E-state index < -0.39 is 29.1 Å². The topological polar surface area (TPSA) is 114 Å². The molecule has 2 heterocycles. The van der Waals surface area contributed by atoms with Gasteiger partial charge < -0.3 is 15.5 Å². The molecule has 1 aliphatic rings. The number of hydrogen-bond acceptors (Lipinski definition) is 7. The molecule has 0 saturated heterocycles. The van der Waals surface area contributed by atoms with E-state index in [2.05, 4.69) is 15.6 Å². The normalized spacial score (nSPS) is 14.4. The summed E-state index contributed by atoms with van der Waals surface area (Å²) in [7, 11) is 1.63. The Hall–Kier alpha value is -4.59. The molecule has 1 atom stereocenters. The summed E-state index contributed by atoms with van der Waals surface area (Å²) in [6.45, 7) is 6.69. The SMILES string of the molecule is CCCNC(=O)c1ccc(C)c(-c2nc(NCCN(C)C#N)nc3c2CC(C)C(=O)N3c2c(F)cccc2F)c1. The molecular weight excluding hydrogens is 516 g/mol. The number of benzene rings is 2. The van der Waals surface area contributed by atoms with Crippen molar-refractivity contribution in [2.45, 2.75) is 33.6 Å². The minimum atomic E-state index is -0.899. The molecule has 0 saturated carbocycles. The van der Waals surface area contributed by atoms with Crippen LogP contribution >= 0.6 is 0 Å². The highest BCUT2D eigenvalue weighted by Gasteiger charge is 2.38. The smallest absolute Gasteiger partial charge is 0.251 e. The number of aromatic nitrogens is 2. The molecule has 1 aliphatic heterocycles. The van der Waals surface area contributed by atoms with Gasteiger partial charge in [0.25, 0.3) is 5.91 Å². The number of likely N-dealkylation sites (N-methyl/N-ethyl adjacent to an activating group) is 1. The fourth-order valence-corrected chi connectivity index (χ4v) is 4.53. The van der Waals surface area contributed by atoms with Gasteiger partial charge in [0.05, 0.1) is 5.69 Å². The molecule has 0 radical (unpaired) electrons. The van der Waals surface area contributed by atoms with Crippen molar-refractivity contribution in [3.8, 4) is 17.5 Å². The fourth-order valence-electron chi connectivity index (χ4n) is 4.53. The first-order valence-corrected chi connectivity index (χ1v) is 13.1. The zero-order valence-electron chi connectivity index (χ0n) is 22.9. The van der Waals surface area contributed by atoms with Crippen LogP contribution in [0.2, 0.25) is 0 Å². The average Bonchev–Trinajstić information content (AvgIpc) is 2.93. The number of fused-ring (bicyclic) bond motifs is 1. The summed E-state index contributed by atoms with van der Waals surface area (Å²) in [5, 5.41) is 15.0. The highest BCUT2D eigenvalue weighted by molar-refractivity contribution is 6.05. The van der Waals surface area contributed by atoms with Crippen LogP contribution < -0.4 is 15.5 Å². The summed E-state index contributed by atoms with van der Waals surface area (Å²) in [5.41, 5.74) is 2.35. The van der Waals surface area contributed by atoms with Crippen molar-refractivity contribution in [1.82, 2.24) is 20.2 Å². The third kappa shape index (κ3) is 5.71. The van der Waals surface area contributed by atoms with Crippen molar-refractivity contribution < 1.29 is 18.4 Å². The van der Waals surface area contributed by atoms with Crippen LogP contribution in [0.4, 0.5) is 26.2 Å². The van der Waals surface area contributed by atoms with Gasteiger partial charge in [0.1, 0.15) is 23.1 Å². The molecule has 0 aliphatic carbocycles. The molecule has 9 nitrogen and oxygen atoms in total. The largest absolute Gasteiger partial charge is 0.352 e. The van der Waals surface area contributed by atoms with E-state index >= 15 is 8.78 Å². The summed E-state index contributed by atoms with van der Waals surface area (Å²) in [4.78, 5) is 37.9. The highest BCUT2D eigenvalue weighted by Crippen LogP contribution is 2.42. The van der Waals surface area contributed by atoms with Crippen LogP contribution in [-0.4, -0.2) is 53.4 Å². The Labute approximate surface area is 231 Å². The number of nitriles is 1. The minimum Gasteiger partial charge on any atom is -0.352 e. The van der Waals surface area contributed by atoms with Crippen molar-refractivity contribution in [2.24, 2.45) is 5.92 Å². The van der Waals surface area contributed by atoms with Crippen molar-refractivity contribution >= 4 is 29.3 Å². The van der Waals surface area contributed by atoms with E-state index in [0.29, 0.717) is 42.0 Å². The molecule has 0 fully saturated rings. The lowest BCUT2D eigenvalue weighted by molar-refractivity contribution is -0.121. The van der Waals surface area contributed by atoms with Gasteiger partial charge >= 0.3 is 0 Å². The van der Waals surface area contributed by atoms with Gasteiger partial charge in [0.15, 0.2) is 6.19 Å². The van der Waals surface area contributed by atoms with Gasteiger partial charge in [0, 0.05) is 49.3 Å². The number of para-hydroxylation sites is 1. The Bertz CT molecular complexity index is 1470. The van der Waals surface area contributed by atoms with E-state index in [4.69, 9.17) is 10.2 Å². The molecule has 1 aromatic heterocycles. The number of anilines is 3. The predicted molar refractivity (Wildman–Crippen MR) is 148 cm³/mol. The van der Waals surface area contributed by atoms with Gasteiger partial charge in [-0.25, -0.2) is 13.8 Å². The van der Waals surface area contributed by atoms with Crippen molar-refractivity contribution in [2.75, 3.05) is 36.9 Å². The third-order valence-electron chi connectivity index (χ3n) is 6.70. The van der Waals surface area contributed by atoms with Crippen LogP contribution in [0.3, 0.4) is 0 Å². The van der Waals surface area contributed by atoms with E-state index in [-0.39, 0.29) is 24.1 Å². The molecule has 1 unspecified atom stereocenters. The molecule has 2 aromatic carbocycles. The average molecular weight is 548 g/mol. The molecular formula is C29H31F2N7O2. The third-order valence-corrected chi connectivity index (χ3v) is 6.70. The quantitative estimate of drug-likeness (QED) is 0.298. The monoisotopic (exact) mass is 547 g/mol. The van der Waals surface area contributed by atoms with Gasteiger partial charge in [0.2, 0.25) is 11.9 Å². The summed E-state index contributed by atoms with van der Waals surface area (Å²) in [5.74, 6) is -2.97. The lowest BCUT2D eigenvalue weighted by Crippen LogP contribution is -2.39. The lowest BCUT2D eigenvalue weighted by Gasteiger charge is -2.33. The van der Waals surface area contributed by atoms with Crippen molar-refractivity contribution in [3.63, 3.8) is 0 Å². The zero-order valence-corrected chi connectivity index (χ0v) is 22.9. The van der Waals surface area contributed by atoms with Crippen LogP contribution in [0.25, 0.3) is 11.3 Å². The van der Waals surface area contributed by atoms with E-state index in [9.17, 15) is 9.59 Å². The van der Waals surface area contributed by atoms with Gasteiger partial charge in [-0.1, -0.05) is 26.0 Å². The number of aryl methyl sites for hydroxylation is 1. The Balaban J connectivity index is 1.93. The molecule has 2 N–H and O–H groups in total. The standard InChI is InChI=1S/C29H31F2N7O2/c1-5-11-33-27(39)19-10-9-17(2)20(15-19)24-21-14-18(3)28(40)38(25-22(30)7-6-8-23(25)31)26(21)36-29(35-24)34-12-13-37(4)16-32/h6-10,15,18H,5,11-14H2,1-4H3,(H,33,39)(H,34,35,36). The fraction of sp³-hybridized carbons (Fsp3) is 0.345. The first-order valence-electron chi connectivity index (χ1n) is 13.1. The number of nitrogens with zero attached hydrogens (tertiary/aromatic N) is 5. The number of halogens is 2. The Morgan fingerprint density at radius 2 is 1.93 bits per heavy atom. The van der Waals surface area contributed by atoms with Gasteiger partial charge in [-0.15, -0.1) is 0 Å². The van der Waals surface area contributed by atoms with Crippen LogP contribution in [0, 0.1) is 35.9 Å². The number of nitrogens with one attached hydrogen (secondary N) is 2. The second kappa shape index (κ2) is 12.1. The first kappa shape index (κ1) is 28.4. The van der Waals surface area contributed by atoms with E-state index in [1.807, 2.05) is 26.1 Å². The number of carbonyl (C=O) groups is 2. The molecule has 4 rings (SSSR count). The van der Waals surface area contributed by atoms with Crippen LogP contribution in [-0.2, 0) is 11.2 Å². The maximum atomic E-state index is 15.0. The molecule has 0 bridgehead atoms. The van der Waals surface area contributed by atoms with E-state index in [0.717, 1.165) is 29.0 Å². The molecule has 11 heteroatoms. The zero-order chi connectivity index (χ0) is 29.0. The number of rotatable bonds is 9. The second-order valence-corrected chi connectivity index (χ2v) is 9.78. The maximum Gasteiger partial charge on any atom is 0.251 e. The number of carbonyl (C=O) groups excluding carboxylic acids is 2. The summed E-state index contributed by atoms with van der Waals surface area (Å²) >= 11 is 0. The van der Waals surface area contributed by atoms with Crippen molar-refractivity contribution in [1.29, 1.82) is 5.26 Å². The highest BCUT2D eigenvalue weighted by atomic mass is 19.1. The molecule has 3 aromatic rings. The molecule has 0 spiro atoms. The maximum absolute atomic E-state index is 15.0. The van der Waals surface area contributed by atoms with Crippen LogP contribution in [0.15, 0.2) is 36.4 Å². The summed E-state index contributed by atoms with van der Waals surface area (Å²) in [6, 6.07) is 8.67. The summed E-state index contributed by atoms with van der Waals surface area (Å²) in [6.07, 6.45) is 3.03. The second-order valence-electron chi connectivity index (χ2n) is 9.78. The Kier molecular flexibility index (Phi) is 8.58. The lowest BCUT2D eigenvalue weighted by atomic mass is 9.90. The van der Waals surface area contributed by atoms with Crippen LogP contribution in [0.1, 0.15) is 41.8 Å². The molecule has 40 heavy (non-hydrogen) atoms. The van der Waals surface area contributed by atoms with Gasteiger partial charge in [-0.3, -0.25) is 14.5 Å². The Morgan fingerprint density at radius 1 is 1.20 bits per heavy atom. The summed E-state index contributed by atoms with van der Waals surface area (Å²) < 4.78 is 30.0. The number of amides is 2. The first-order chi connectivity index (χ1) is 19.2. The van der Waals surface area contributed by atoms with E-state index in [1.54, 1.807) is 26.1 Å². The minimum absolute atomic E-state index is 0.0634. The predicted octanol–water partition coefficient (Wildman–Crippen LogP) is 4.55. The molecule has 208 valence electrons. The van der Waals surface area contributed by atoms with Crippen LogP contribution in [0.5, 0.6) is 0 Å².